The molecule has 0 fully saturated rings. The maximum atomic E-state index is 13.1. The molecule has 3 aromatic rings. The minimum absolute atomic E-state index is 0.000756. The van der Waals surface area contributed by atoms with Crippen molar-refractivity contribution in [2.24, 2.45) is 0 Å². The van der Waals surface area contributed by atoms with Crippen LogP contribution in [0.2, 0.25) is 0 Å². The Bertz CT molecular complexity index is 1270. The summed E-state index contributed by atoms with van der Waals surface area (Å²) in [6, 6.07) is 23.0. The van der Waals surface area contributed by atoms with Crippen molar-refractivity contribution in [2.75, 3.05) is 6.54 Å². The third-order valence-electron chi connectivity index (χ3n) is 4.86. The van der Waals surface area contributed by atoms with E-state index in [1.54, 1.807) is 51.1 Å². The van der Waals surface area contributed by atoms with Gasteiger partial charge >= 0.3 is 22.2 Å². The molecule has 0 heterocycles. The van der Waals surface area contributed by atoms with E-state index in [1.807, 2.05) is 30.3 Å². The number of amides is 1. The maximum Gasteiger partial charge on any atom is 0.407 e. The molecule has 1 atom stereocenters. The van der Waals surface area contributed by atoms with Gasteiger partial charge in [-0.2, -0.15) is 8.42 Å². The van der Waals surface area contributed by atoms with Crippen LogP contribution in [-0.2, 0) is 31.0 Å². The van der Waals surface area contributed by atoms with E-state index in [-0.39, 0.29) is 23.8 Å². The van der Waals surface area contributed by atoms with Crippen molar-refractivity contribution in [3.8, 4) is 5.75 Å². The van der Waals surface area contributed by atoms with Crippen LogP contribution < -0.4 is 9.50 Å². The molecule has 0 aromatic heterocycles. The summed E-state index contributed by atoms with van der Waals surface area (Å²) < 4.78 is 41.3. The fraction of sp³-hybridized carbons (Fsp3) is 0.259. The molecule has 0 aliphatic rings. The van der Waals surface area contributed by atoms with Crippen molar-refractivity contribution in [2.45, 2.75) is 43.8 Å². The molecular formula is C27H29NO7S. The third-order valence-corrected chi connectivity index (χ3v) is 6.12. The van der Waals surface area contributed by atoms with Crippen molar-refractivity contribution >= 4 is 22.2 Å². The van der Waals surface area contributed by atoms with Gasteiger partial charge in [0, 0.05) is 6.54 Å². The summed E-state index contributed by atoms with van der Waals surface area (Å²) in [5.74, 6) is -1.52. The predicted molar refractivity (Wildman–Crippen MR) is 134 cm³/mol. The summed E-state index contributed by atoms with van der Waals surface area (Å²) in [7, 11) is -4.07. The van der Waals surface area contributed by atoms with Gasteiger partial charge in [0.15, 0.2) is 0 Å². The third kappa shape index (κ3) is 8.13. The van der Waals surface area contributed by atoms with Crippen LogP contribution >= 0.6 is 0 Å². The van der Waals surface area contributed by atoms with Crippen LogP contribution in [0, 0.1) is 0 Å². The highest BCUT2D eigenvalue weighted by Gasteiger charge is 2.26. The summed E-state index contributed by atoms with van der Waals surface area (Å²) in [6.07, 6.45) is -0.692. The van der Waals surface area contributed by atoms with Gasteiger partial charge in [-0.3, -0.25) is 4.79 Å². The molecule has 0 spiro atoms. The van der Waals surface area contributed by atoms with Crippen LogP contribution in [0.1, 0.15) is 37.8 Å². The average molecular weight is 512 g/mol. The van der Waals surface area contributed by atoms with Gasteiger partial charge in [-0.05, 0) is 56.2 Å². The Balaban J connectivity index is 1.80. The number of esters is 1. The Hall–Kier alpha value is -3.85. The van der Waals surface area contributed by atoms with Gasteiger partial charge in [-0.25, -0.2) is 4.79 Å². The van der Waals surface area contributed by atoms with Gasteiger partial charge in [0.1, 0.15) is 22.9 Å². The largest absolute Gasteiger partial charge is 0.460 e. The lowest BCUT2D eigenvalue weighted by molar-refractivity contribution is -0.146. The predicted octanol–water partition coefficient (Wildman–Crippen LogP) is 4.81. The fourth-order valence-corrected chi connectivity index (χ4v) is 4.15. The van der Waals surface area contributed by atoms with Gasteiger partial charge in [0.2, 0.25) is 0 Å². The quantitative estimate of drug-likeness (QED) is 0.325. The molecule has 1 unspecified atom stereocenters. The summed E-state index contributed by atoms with van der Waals surface area (Å²) in [5, 5.41) is 2.59. The van der Waals surface area contributed by atoms with Crippen LogP contribution in [0.4, 0.5) is 4.79 Å². The molecule has 8 nitrogen and oxygen atoms in total. The first-order valence-electron chi connectivity index (χ1n) is 11.3. The smallest absolute Gasteiger partial charge is 0.407 e. The maximum absolute atomic E-state index is 13.1. The zero-order chi connectivity index (χ0) is 26.2. The van der Waals surface area contributed by atoms with Gasteiger partial charge in [0.25, 0.3) is 0 Å². The lowest BCUT2D eigenvalue weighted by atomic mass is 9.99. The number of rotatable bonds is 9. The summed E-state index contributed by atoms with van der Waals surface area (Å²) >= 11 is 0. The van der Waals surface area contributed by atoms with Crippen molar-refractivity contribution in [1.82, 2.24) is 5.32 Å². The molecule has 0 saturated heterocycles. The van der Waals surface area contributed by atoms with Crippen LogP contribution in [0.25, 0.3) is 0 Å². The molecule has 190 valence electrons. The first-order valence-corrected chi connectivity index (χ1v) is 12.7. The zero-order valence-electron chi connectivity index (χ0n) is 20.3. The second-order valence-corrected chi connectivity index (χ2v) is 10.5. The molecule has 0 bridgehead atoms. The van der Waals surface area contributed by atoms with E-state index >= 15 is 0 Å². The Morgan fingerprint density at radius 3 is 2.17 bits per heavy atom. The van der Waals surface area contributed by atoms with Crippen LogP contribution in [0.15, 0.2) is 89.8 Å². The standard InChI is InChI=1S/C27H29NO7S/c1-27(2,3)34-26(30)28-18-24(25(29)33-19-20-11-6-4-7-12-20)21-13-10-14-22(17-21)35-36(31,32)23-15-8-5-9-16-23/h4-17,24H,18-19H2,1-3H3,(H,28,30). The second kappa shape index (κ2) is 11.7. The zero-order valence-corrected chi connectivity index (χ0v) is 21.2. The number of carbonyl (C=O) groups excluding carboxylic acids is 2. The monoisotopic (exact) mass is 511 g/mol. The molecule has 0 aliphatic carbocycles. The number of nitrogens with one attached hydrogen (secondary N) is 1. The number of hydrogen-bond acceptors (Lipinski definition) is 7. The van der Waals surface area contributed by atoms with E-state index < -0.39 is 33.7 Å². The molecule has 0 radical (unpaired) electrons. The van der Waals surface area contributed by atoms with E-state index in [2.05, 4.69) is 5.32 Å². The number of ether oxygens (including phenoxy) is 2. The minimum atomic E-state index is -4.07. The molecule has 0 aliphatic heterocycles. The first kappa shape index (κ1) is 26.7. The average Bonchev–Trinajstić information content (AvgIpc) is 2.83. The fourth-order valence-electron chi connectivity index (χ4n) is 3.21. The number of benzene rings is 3. The highest BCUT2D eigenvalue weighted by atomic mass is 32.2. The minimum Gasteiger partial charge on any atom is -0.460 e. The first-order chi connectivity index (χ1) is 17.0. The normalized spacial score (nSPS) is 12.3. The molecule has 1 amide bonds. The summed E-state index contributed by atoms with van der Waals surface area (Å²) in [6.45, 7) is 5.10. The van der Waals surface area contributed by atoms with Crippen molar-refractivity contribution in [3.63, 3.8) is 0 Å². The number of alkyl carbamates (subject to hydrolysis) is 1. The van der Waals surface area contributed by atoms with Crippen molar-refractivity contribution < 1.29 is 31.7 Å². The molecule has 1 N–H and O–H groups in total. The number of carbonyl (C=O) groups is 2. The lowest BCUT2D eigenvalue weighted by Gasteiger charge is -2.22. The summed E-state index contributed by atoms with van der Waals surface area (Å²) in [4.78, 5) is 25.3. The van der Waals surface area contributed by atoms with E-state index in [9.17, 15) is 18.0 Å². The van der Waals surface area contributed by atoms with Crippen LogP contribution in [0.3, 0.4) is 0 Å². The lowest BCUT2D eigenvalue weighted by Crippen LogP contribution is -2.36. The SMILES string of the molecule is CC(C)(C)OC(=O)NCC(C(=O)OCc1ccccc1)c1cccc(OS(=O)(=O)c2ccccc2)c1. The van der Waals surface area contributed by atoms with Crippen LogP contribution in [-0.4, -0.2) is 32.6 Å². The van der Waals surface area contributed by atoms with Gasteiger partial charge in [0.05, 0.1) is 5.92 Å². The van der Waals surface area contributed by atoms with Crippen molar-refractivity contribution in [1.29, 1.82) is 0 Å². The second-order valence-electron chi connectivity index (χ2n) is 8.95. The summed E-state index contributed by atoms with van der Waals surface area (Å²) in [5.41, 5.74) is 0.494. The Labute approximate surface area is 211 Å². The van der Waals surface area contributed by atoms with Crippen molar-refractivity contribution in [3.05, 3.63) is 96.1 Å². The van der Waals surface area contributed by atoms with E-state index in [1.165, 1.54) is 24.3 Å². The topological polar surface area (TPSA) is 108 Å². The van der Waals surface area contributed by atoms with Gasteiger partial charge in [-0.1, -0.05) is 60.7 Å². The van der Waals surface area contributed by atoms with Gasteiger partial charge < -0.3 is 19.0 Å². The molecule has 0 saturated carbocycles. The highest BCUT2D eigenvalue weighted by molar-refractivity contribution is 7.87. The molecule has 9 heteroatoms. The molecular weight excluding hydrogens is 482 g/mol. The van der Waals surface area contributed by atoms with E-state index in [0.717, 1.165) is 5.56 Å². The van der Waals surface area contributed by atoms with E-state index in [0.29, 0.717) is 5.56 Å². The van der Waals surface area contributed by atoms with E-state index in [4.69, 9.17) is 13.7 Å². The molecule has 36 heavy (non-hydrogen) atoms. The van der Waals surface area contributed by atoms with Crippen LogP contribution in [0.5, 0.6) is 5.75 Å². The van der Waals surface area contributed by atoms with Gasteiger partial charge in [-0.15, -0.1) is 0 Å². The Kier molecular flexibility index (Phi) is 8.71. The highest BCUT2D eigenvalue weighted by Crippen LogP contribution is 2.25. The Morgan fingerprint density at radius 1 is 0.889 bits per heavy atom. The number of hydrogen-bond donors (Lipinski definition) is 1. The Morgan fingerprint density at radius 2 is 1.53 bits per heavy atom. The molecule has 3 rings (SSSR count). The molecule has 3 aromatic carbocycles.